The number of nitrogens with one attached hydrogen (secondary N) is 1. The summed E-state index contributed by atoms with van der Waals surface area (Å²) in [4.78, 5) is 12.2. The SMILES string of the molecule is Cc1cc(C)c(NC(=O)C2CCOCC2)c(C)c1. The molecule has 1 fully saturated rings. The monoisotopic (exact) mass is 247 g/mol. The van der Waals surface area contributed by atoms with E-state index in [1.165, 1.54) is 5.56 Å². The van der Waals surface area contributed by atoms with Gasteiger partial charge in [0.2, 0.25) is 5.91 Å². The topological polar surface area (TPSA) is 38.3 Å². The van der Waals surface area contributed by atoms with Gasteiger partial charge >= 0.3 is 0 Å². The first kappa shape index (κ1) is 13.1. The number of benzene rings is 1. The second kappa shape index (κ2) is 5.53. The highest BCUT2D eigenvalue weighted by Crippen LogP contribution is 2.24. The lowest BCUT2D eigenvalue weighted by atomic mass is 9.98. The van der Waals surface area contributed by atoms with Crippen LogP contribution in [0.15, 0.2) is 12.1 Å². The number of ether oxygens (including phenoxy) is 1. The highest BCUT2D eigenvalue weighted by atomic mass is 16.5. The number of amides is 1. The Bertz CT molecular complexity index is 425. The summed E-state index contributed by atoms with van der Waals surface area (Å²) < 4.78 is 5.28. The van der Waals surface area contributed by atoms with Crippen LogP contribution >= 0.6 is 0 Å². The van der Waals surface area contributed by atoms with Crippen LogP contribution in [0.1, 0.15) is 29.5 Å². The molecule has 0 radical (unpaired) electrons. The van der Waals surface area contributed by atoms with Gasteiger partial charge in [-0.3, -0.25) is 4.79 Å². The molecule has 2 rings (SSSR count). The van der Waals surface area contributed by atoms with Crippen LogP contribution in [0.4, 0.5) is 5.69 Å². The summed E-state index contributed by atoms with van der Waals surface area (Å²) in [6, 6.07) is 4.21. The molecular formula is C15H21NO2. The van der Waals surface area contributed by atoms with E-state index in [-0.39, 0.29) is 11.8 Å². The van der Waals surface area contributed by atoms with Crippen molar-refractivity contribution in [2.24, 2.45) is 5.92 Å². The van der Waals surface area contributed by atoms with Crippen LogP contribution in [0.2, 0.25) is 0 Å². The van der Waals surface area contributed by atoms with E-state index in [1.54, 1.807) is 0 Å². The quantitative estimate of drug-likeness (QED) is 0.872. The molecule has 0 atom stereocenters. The number of carbonyl (C=O) groups is 1. The third-order valence-electron chi connectivity index (χ3n) is 3.52. The largest absolute Gasteiger partial charge is 0.381 e. The van der Waals surface area contributed by atoms with E-state index in [0.29, 0.717) is 13.2 Å². The van der Waals surface area contributed by atoms with Gasteiger partial charge in [0.15, 0.2) is 0 Å². The third-order valence-corrected chi connectivity index (χ3v) is 3.52. The lowest BCUT2D eigenvalue weighted by Crippen LogP contribution is -2.29. The number of hydrogen-bond donors (Lipinski definition) is 1. The molecule has 0 saturated carbocycles. The Kier molecular flexibility index (Phi) is 4.02. The van der Waals surface area contributed by atoms with E-state index >= 15 is 0 Å². The van der Waals surface area contributed by atoms with Crippen LogP contribution in [0.3, 0.4) is 0 Å². The maximum atomic E-state index is 12.2. The molecule has 3 nitrogen and oxygen atoms in total. The molecule has 1 aromatic carbocycles. The number of rotatable bonds is 2. The van der Waals surface area contributed by atoms with Gasteiger partial charge in [0.1, 0.15) is 0 Å². The van der Waals surface area contributed by atoms with Crippen molar-refractivity contribution in [3.05, 3.63) is 28.8 Å². The van der Waals surface area contributed by atoms with Crippen LogP contribution in [0.25, 0.3) is 0 Å². The maximum Gasteiger partial charge on any atom is 0.227 e. The summed E-state index contributed by atoms with van der Waals surface area (Å²) in [6.45, 7) is 7.55. The fraction of sp³-hybridized carbons (Fsp3) is 0.533. The van der Waals surface area contributed by atoms with Gasteiger partial charge in [-0.25, -0.2) is 0 Å². The Morgan fingerprint density at radius 2 is 1.72 bits per heavy atom. The van der Waals surface area contributed by atoms with E-state index < -0.39 is 0 Å². The van der Waals surface area contributed by atoms with Crippen LogP contribution < -0.4 is 5.32 Å². The van der Waals surface area contributed by atoms with Gasteiger partial charge in [0.25, 0.3) is 0 Å². The molecule has 1 N–H and O–H groups in total. The van der Waals surface area contributed by atoms with E-state index in [0.717, 1.165) is 29.7 Å². The minimum absolute atomic E-state index is 0.0962. The summed E-state index contributed by atoms with van der Waals surface area (Å²) in [5, 5.41) is 3.08. The maximum absolute atomic E-state index is 12.2. The molecular weight excluding hydrogens is 226 g/mol. The van der Waals surface area contributed by atoms with E-state index in [9.17, 15) is 4.79 Å². The van der Waals surface area contributed by atoms with Gasteiger partial charge in [0, 0.05) is 24.8 Å². The Labute approximate surface area is 109 Å². The van der Waals surface area contributed by atoms with Crippen molar-refractivity contribution in [3.8, 4) is 0 Å². The molecule has 1 heterocycles. The molecule has 1 aliphatic rings. The van der Waals surface area contributed by atoms with E-state index in [4.69, 9.17) is 4.74 Å². The molecule has 0 aliphatic carbocycles. The summed E-state index contributed by atoms with van der Waals surface area (Å²) in [6.07, 6.45) is 1.66. The fourth-order valence-electron chi connectivity index (χ4n) is 2.56. The number of aryl methyl sites for hydroxylation is 3. The van der Waals surface area contributed by atoms with Gasteiger partial charge in [0.05, 0.1) is 0 Å². The molecule has 98 valence electrons. The standard InChI is InChI=1S/C15H21NO2/c1-10-8-11(2)14(12(3)9-10)16-15(17)13-4-6-18-7-5-13/h8-9,13H,4-7H2,1-3H3,(H,16,17). The average Bonchev–Trinajstić information content (AvgIpc) is 2.34. The zero-order valence-corrected chi connectivity index (χ0v) is 11.4. The Morgan fingerprint density at radius 1 is 1.17 bits per heavy atom. The first-order chi connectivity index (χ1) is 8.58. The fourth-order valence-corrected chi connectivity index (χ4v) is 2.56. The van der Waals surface area contributed by atoms with Crippen molar-refractivity contribution < 1.29 is 9.53 Å². The molecule has 0 unspecified atom stereocenters. The van der Waals surface area contributed by atoms with Crippen LogP contribution in [0, 0.1) is 26.7 Å². The highest BCUT2D eigenvalue weighted by molar-refractivity contribution is 5.94. The number of anilines is 1. The Balaban J connectivity index is 2.11. The molecule has 1 aromatic rings. The van der Waals surface area contributed by atoms with Crippen molar-refractivity contribution in [1.82, 2.24) is 0 Å². The van der Waals surface area contributed by atoms with Crippen LogP contribution in [-0.2, 0) is 9.53 Å². The van der Waals surface area contributed by atoms with Crippen molar-refractivity contribution in [2.75, 3.05) is 18.5 Å². The van der Waals surface area contributed by atoms with Crippen LogP contribution in [-0.4, -0.2) is 19.1 Å². The summed E-state index contributed by atoms with van der Waals surface area (Å²) >= 11 is 0. The molecule has 1 saturated heterocycles. The first-order valence-electron chi connectivity index (χ1n) is 6.54. The van der Waals surface area contributed by atoms with Crippen molar-refractivity contribution in [3.63, 3.8) is 0 Å². The van der Waals surface area contributed by atoms with Crippen molar-refractivity contribution in [2.45, 2.75) is 33.6 Å². The van der Waals surface area contributed by atoms with Crippen molar-refractivity contribution in [1.29, 1.82) is 0 Å². The van der Waals surface area contributed by atoms with E-state index in [2.05, 4.69) is 24.4 Å². The predicted molar refractivity (Wildman–Crippen MR) is 72.8 cm³/mol. The van der Waals surface area contributed by atoms with Gasteiger partial charge in [-0.05, 0) is 44.7 Å². The zero-order chi connectivity index (χ0) is 13.1. The molecule has 3 heteroatoms. The molecule has 1 aliphatic heterocycles. The normalized spacial score (nSPS) is 16.6. The predicted octanol–water partition coefficient (Wildman–Crippen LogP) is 2.98. The lowest BCUT2D eigenvalue weighted by molar-refractivity contribution is -0.122. The Hall–Kier alpha value is -1.35. The summed E-state index contributed by atoms with van der Waals surface area (Å²) in [5.41, 5.74) is 4.46. The molecule has 18 heavy (non-hydrogen) atoms. The second-order valence-corrected chi connectivity index (χ2v) is 5.15. The highest BCUT2D eigenvalue weighted by Gasteiger charge is 2.22. The lowest BCUT2D eigenvalue weighted by Gasteiger charge is -2.22. The minimum Gasteiger partial charge on any atom is -0.381 e. The van der Waals surface area contributed by atoms with Gasteiger partial charge in [-0.2, -0.15) is 0 Å². The van der Waals surface area contributed by atoms with Crippen molar-refractivity contribution >= 4 is 11.6 Å². The van der Waals surface area contributed by atoms with Gasteiger partial charge in [-0.15, -0.1) is 0 Å². The average molecular weight is 247 g/mol. The first-order valence-corrected chi connectivity index (χ1v) is 6.54. The minimum atomic E-state index is 0.0962. The van der Waals surface area contributed by atoms with E-state index in [1.807, 2.05) is 13.8 Å². The smallest absolute Gasteiger partial charge is 0.227 e. The molecule has 0 aromatic heterocycles. The third kappa shape index (κ3) is 2.91. The summed E-state index contributed by atoms with van der Waals surface area (Å²) in [7, 11) is 0. The molecule has 0 bridgehead atoms. The summed E-state index contributed by atoms with van der Waals surface area (Å²) in [5.74, 6) is 0.229. The number of hydrogen-bond acceptors (Lipinski definition) is 2. The van der Waals surface area contributed by atoms with Crippen LogP contribution in [0.5, 0.6) is 0 Å². The Morgan fingerprint density at radius 3 is 2.28 bits per heavy atom. The molecule has 1 amide bonds. The second-order valence-electron chi connectivity index (χ2n) is 5.15. The van der Waals surface area contributed by atoms with Gasteiger partial charge in [-0.1, -0.05) is 17.7 Å². The molecule has 0 spiro atoms. The number of carbonyl (C=O) groups excluding carboxylic acids is 1. The zero-order valence-electron chi connectivity index (χ0n) is 11.4. The van der Waals surface area contributed by atoms with Gasteiger partial charge < -0.3 is 10.1 Å².